The van der Waals surface area contributed by atoms with Gasteiger partial charge in [0.25, 0.3) is 5.91 Å². The Morgan fingerprint density at radius 1 is 0.949 bits per heavy atom. The average molecular weight is 524 g/mol. The summed E-state index contributed by atoms with van der Waals surface area (Å²) in [5.74, 6) is 0.361. The Morgan fingerprint density at radius 2 is 1.69 bits per heavy atom. The summed E-state index contributed by atoms with van der Waals surface area (Å²) < 4.78 is 12.6. The largest absolute Gasteiger partial charge is 0.459 e. The minimum atomic E-state index is -0.532. The Balaban J connectivity index is 1.28. The zero-order valence-electron chi connectivity index (χ0n) is 22.6. The van der Waals surface area contributed by atoms with Crippen LogP contribution in [0, 0.1) is 0 Å². The van der Waals surface area contributed by atoms with Crippen molar-refractivity contribution >= 4 is 5.91 Å². The van der Waals surface area contributed by atoms with Crippen molar-refractivity contribution in [2.45, 2.75) is 76.4 Å². The number of hydrogen-bond donors (Lipinski definition) is 1. The van der Waals surface area contributed by atoms with E-state index in [-0.39, 0.29) is 24.5 Å². The van der Waals surface area contributed by atoms with Gasteiger partial charge >= 0.3 is 0 Å². The number of hydrogen-bond acceptors (Lipinski definition) is 4. The average Bonchev–Trinajstić information content (AvgIpc) is 3.39. The molecule has 3 aromatic carbocycles. The van der Waals surface area contributed by atoms with E-state index in [2.05, 4.69) is 42.5 Å². The van der Waals surface area contributed by atoms with Crippen LogP contribution in [0.5, 0.6) is 0 Å². The molecule has 1 fully saturated rings. The molecule has 5 nitrogen and oxygen atoms in total. The van der Waals surface area contributed by atoms with Crippen molar-refractivity contribution in [1.29, 1.82) is 0 Å². The van der Waals surface area contributed by atoms with Crippen molar-refractivity contribution in [3.63, 3.8) is 0 Å². The Bertz CT molecular complexity index is 1360. The number of rotatable bonds is 7. The lowest BCUT2D eigenvalue weighted by Crippen LogP contribution is -2.41. The number of likely N-dealkylation sites (N-methyl/N-ethyl adjacent to an activating group) is 1. The van der Waals surface area contributed by atoms with Gasteiger partial charge in [-0.05, 0) is 64.3 Å². The van der Waals surface area contributed by atoms with Crippen LogP contribution in [0.15, 0.2) is 78.6 Å². The lowest BCUT2D eigenvalue weighted by molar-refractivity contribution is -0.156. The van der Waals surface area contributed by atoms with Gasteiger partial charge in [-0.2, -0.15) is 0 Å². The first-order valence-electron chi connectivity index (χ1n) is 14.3. The first kappa shape index (κ1) is 25.8. The fraction of sp³-hybridized carbons (Fsp3) is 0.382. The monoisotopic (exact) mass is 523 g/mol. The SMILES string of the molecule is CN(C(=O)C1=C[C@H](c2cccc3c2Cc2ccccc2-3)C[C@H](OCc2ccc(CO)cc2)O1)C1CCCCC1. The summed E-state index contributed by atoms with van der Waals surface area (Å²) in [6, 6.07) is 23.2. The van der Waals surface area contributed by atoms with Gasteiger partial charge in [-0.1, -0.05) is 86.0 Å². The van der Waals surface area contributed by atoms with E-state index in [4.69, 9.17) is 9.47 Å². The van der Waals surface area contributed by atoms with Crippen LogP contribution in [0.25, 0.3) is 11.1 Å². The molecule has 2 atom stereocenters. The molecule has 3 aromatic rings. The Kier molecular flexibility index (Phi) is 7.53. The van der Waals surface area contributed by atoms with Crippen molar-refractivity contribution < 1.29 is 19.4 Å². The molecule has 2 aliphatic carbocycles. The van der Waals surface area contributed by atoms with Gasteiger partial charge < -0.3 is 19.5 Å². The number of aliphatic hydroxyl groups is 1. The summed E-state index contributed by atoms with van der Waals surface area (Å²) >= 11 is 0. The van der Waals surface area contributed by atoms with Gasteiger partial charge in [0.15, 0.2) is 5.76 Å². The predicted octanol–water partition coefficient (Wildman–Crippen LogP) is 6.47. The van der Waals surface area contributed by atoms with Crippen molar-refractivity contribution in [3.05, 3.63) is 106 Å². The quantitative estimate of drug-likeness (QED) is 0.302. The molecule has 0 radical (unpaired) electrons. The van der Waals surface area contributed by atoms with Crippen LogP contribution < -0.4 is 0 Å². The highest BCUT2D eigenvalue weighted by molar-refractivity contribution is 5.92. The van der Waals surface area contributed by atoms with E-state index in [1.165, 1.54) is 47.1 Å². The summed E-state index contributed by atoms with van der Waals surface area (Å²) in [5.41, 5.74) is 8.41. The summed E-state index contributed by atoms with van der Waals surface area (Å²) in [5, 5.41) is 9.35. The Hall–Kier alpha value is -3.41. The first-order chi connectivity index (χ1) is 19.1. The molecule has 0 bridgehead atoms. The van der Waals surface area contributed by atoms with Gasteiger partial charge in [-0.25, -0.2) is 0 Å². The normalized spacial score (nSPS) is 20.5. The minimum Gasteiger partial charge on any atom is -0.459 e. The van der Waals surface area contributed by atoms with Gasteiger partial charge in [0.2, 0.25) is 6.29 Å². The van der Waals surface area contributed by atoms with Crippen LogP contribution in [0.2, 0.25) is 0 Å². The molecule has 1 aliphatic heterocycles. The first-order valence-corrected chi connectivity index (χ1v) is 14.3. The van der Waals surface area contributed by atoms with Crippen LogP contribution in [0.3, 0.4) is 0 Å². The molecule has 0 unspecified atom stereocenters. The zero-order valence-corrected chi connectivity index (χ0v) is 22.6. The van der Waals surface area contributed by atoms with E-state index in [0.717, 1.165) is 30.4 Å². The summed E-state index contributed by atoms with van der Waals surface area (Å²) in [6.07, 6.45) is 8.74. The van der Waals surface area contributed by atoms with Crippen LogP contribution in [0.1, 0.15) is 72.3 Å². The summed E-state index contributed by atoms with van der Waals surface area (Å²) in [7, 11) is 1.92. The Morgan fingerprint density at radius 3 is 2.49 bits per heavy atom. The van der Waals surface area contributed by atoms with Crippen LogP contribution in [-0.2, 0) is 33.9 Å². The van der Waals surface area contributed by atoms with Crippen molar-refractivity contribution in [1.82, 2.24) is 4.90 Å². The van der Waals surface area contributed by atoms with Crippen molar-refractivity contribution in [2.24, 2.45) is 0 Å². The molecule has 3 aliphatic rings. The zero-order chi connectivity index (χ0) is 26.8. The standard InChI is InChI=1S/C34H37NO4/c1-35(27-9-3-2-4-10-27)34(37)32-19-26(20-33(39-32)38-22-24-16-14-23(21-36)15-17-24)29-12-7-13-30-28-11-6-5-8-25(28)18-31(29)30/h5-8,11-17,19,26-27,33,36H,2-4,9-10,18,20-22H2,1H3/t26-,33+/m0/s1. The second kappa shape index (κ2) is 11.4. The topological polar surface area (TPSA) is 59.0 Å². The second-order valence-electron chi connectivity index (χ2n) is 11.1. The predicted molar refractivity (Wildman–Crippen MR) is 152 cm³/mol. The molecule has 5 heteroatoms. The maximum atomic E-state index is 13.7. The van der Waals surface area contributed by atoms with E-state index in [0.29, 0.717) is 18.8 Å². The molecule has 0 saturated heterocycles. The molecule has 1 saturated carbocycles. The van der Waals surface area contributed by atoms with Gasteiger partial charge in [0, 0.05) is 25.4 Å². The molecule has 0 aromatic heterocycles. The Labute approximate surface area is 231 Å². The minimum absolute atomic E-state index is 0.0171. The van der Waals surface area contributed by atoms with Gasteiger partial charge in [0.05, 0.1) is 13.2 Å². The lowest BCUT2D eigenvalue weighted by Gasteiger charge is -2.35. The lowest BCUT2D eigenvalue weighted by atomic mass is 9.87. The third-order valence-corrected chi connectivity index (χ3v) is 8.64. The highest BCUT2D eigenvalue weighted by Gasteiger charge is 2.34. The number of ether oxygens (including phenoxy) is 2. The number of carbonyl (C=O) groups excluding carboxylic acids is 1. The number of amides is 1. The van der Waals surface area contributed by atoms with Crippen LogP contribution in [-0.4, -0.2) is 35.3 Å². The summed E-state index contributed by atoms with van der Waals surface area (Å²) in [6.45, 7) is 0.395. The number of carbonyl (C=O) groups is 1. The highest BCUT2D eigenvalue weighted by Crippen LogP contribution is 2.43. The van der Waals surface area contributed by atoms with Crippen molar-refractivity contribution in [3.8, 4) is 11.1 Å². The summed E-state index contributed by atoms with van der Waals surface area (Å²) in [4.78, 5) is 15.6. The number of allylic oxidation sites excluding steroid dienone is 1. The molecular formula is C34H37NO4. The van der Waals surface area contributed by atoms with E-state index in [9.17, 15) is 9.90 Å². The van der Waals surface area contributed by atoms with Crippen LogP contribution in [0.4, 0.5) is 0 Å². The maximum absolute atomic E-state index is 13.7. The molecular weight excluding hydrogens is 486 g/mol. The maximum Gasteiger partial charge on any atom is 0.288 e. The fourth-order valence-electron chi connectivity index (χ4n) is 6.40. The number of fused-ring (bicyclic) bond motifs is 3. The second-order valence-corrected chi connectivity index (χ2v) is 11.1. The van der Waals surface area contributed by atoms with E-state index in [1.807, 2.05) is 42.3 Å². The molecule has 202 valence electrons. The van der Waals surface area contributed by atoms with E-state index < -0.39 is 6.29 Å². The fourth-order valence-corrected chi connectivity index (χ4v) is 6.40. The number of nitrogens with zero attached hydrogens (tertiary/aromatic N) is 1. The molecule has 6 rings (SSSR count). The highest BCUT2D eigenvalue weighted by atomic mass is 16.7. The number of benzene rings is 3. The third-order valence-electron chi connectivity index (χ3n) is 8.64. The molecule has 39 heavy (non-hydrogen) atoms. The van der Waals surface area contributed by atoms with Gasteiger partial charge in [0.1, 0.15) is 0 Å². The smallest absolute Gasteiger partial charge is 0.288 e. The number of aliphatic hydroxyl groups excluding tert-OH is 1. The molecule has 1 amide bonds. The molecule has 0 spiro atoms. The van der Waals surface area contributed by atoms with Gasteiger partial charge in [-0.15, -0.1) is 0 Å². The third kappa shape index (κ3) is 5.39. The molecule has 1 heterocycles. The van der Waals surface area contributed by atoms with E-state index in [1.54, 1.807) is 0 Å². The van der Waals surface area contributed by atoms with Crippen molar-refractivity contribution in [2.75, 3.05) is 7.05 Å². The van der Waals surface area contributed by atoms with Crippen LogP contribution >= 0.6 is 0 Å². The van der Waals surface area contributed by atoms with Gasteiger partial charge in [-0.3, -0.25) is 4.79 Å². The molecule has 1 N–H and O–H groups in total. The van der Waals surface area contributed by atoms with E-state index >= 15 is 0 Å².